The molecule has 4 aliphatic rings. The zero-order valence-corrected chi connectivity index (χ0v) is 20.9. The Bertz CT molecular complexity index is 922. The van der Waals surface area contributed by atoms with Gasteiger partial charge in [0.2, 0.25) is 5.91 Å². The summed E-state index contributed by atoms with van der Waals surface area (Å²) in [7, 11) is 6.22. The Kier molecular flexibility index (Phi) is 7.28. The van der Waals surface area contributed by atoms with Crippen molar-refractivity contribution in [2.24, 2.45) is 17.8 Å². The van der Waals surface area contributed by atoms with E-state index in [1.165, 1.54) is 6.42 Å². The number of hydrogen-bond donors (Lipinski definition) is 0. The van der Waals surface area contributed by atoms with Gasteiger partial charge >= 0.3 is 6.09 Å². The number of ether oxygens (including phenoxy) is 3. The number of hydrogen-bond acceptors (Lipinski definition) is 5. The second-order valence-electron chi connectivity index (χ2n) is 11.0. The molecular weight excluding hydrogens is 443 g/mol. The molecule has 0 bridgehead atoms. The number of piperidine rings is 1. The van der Waals surface area contributed by atoms with Crippen LogP contribution in [0.15, 0.2) is 18.2 Å². The molecule has 2 radical (unpaired) electrons. The lowest BCUT2D eigenvalue weighted by atomic mass is 9.88. The van der Waals surface area contributed by atoms with Crippen molar-refractivity contribution < 1.29 is 23.8 Å². The van der Waals surface area contributed by atoms with Gasteiger partial charge in [0.15, 0.2) is 0 Å². The highest BCUT2D eigenvalue weighted by molar-refractivity contribution is 6.33. The normalized spacial score (nSPS) is 25.7. The minimum atomic E-state index is -0.194. The molecule has 2 heterocycles. The summed E-state index contributed by atoms with van der Waals surface area (Å²) in [4.78, 5) is 28.5. The molecule has 35 heavy (non-hydrogen) atoms. The second-order valence-corrected chi connectivity index (χ2v) is 11.0. The minimum Gasteiger partial charge on any atom is -0.494 e. The van der Waals surface area contributed by atoms with Crippen molar-refractivity contribution in [1.82, 2.24) is 9.80 Å². The molecule has 2 aliphatic heterocycles. The fourth-order valence-corrected chi connectivity index (χ4v) is 5.48. The third kappa shape index (κ3) is 6.32. The lowest BCUT2D eigenvalue weighted by molar-refractivity contribution is -0.134. The number of nitrogens with zero attached hydrogens (tertiary/aromatic N) is 2. The summed E-state index contributed by atoms with van der Waals surface area (Å²) in [6.07, 6.45) is 6.64. The molecule has 8 heteroatoms. The Morgan fingerprint density at radius 3 is 2.54 bits per heavy atom. The van der Waals surface area contributed by atoms with Crippen molar-refractivity contribution in [3.05, 3.63) is 23.8 Å². The van der Waals surface area contributed by atoms with Gasteiger partial charge in [-0.3, -0.25) is 4.79 Å². The van der Waals surface area contributed by atoms with Gasteiger partial charge in [-0.2, -0.15) is 0 Å². The third-order valence-corrected chi connectivity index (χ3v) is 8.25. The maximum Gasteiger partial charge on any atom is 0.410 e. The number of rotatable bonds is 8. The molecule has 0 aromatic heterocycles. The van der Waals surface area contributed by atoms with E-state index in [4.69, 9.17) is 22.1 Å². The standard InChI is InChI=1S/C27H37BN2O5/c1-27(7-8-27)35-26(32)30-9-4-19(5-10-30)23-16-20(23)6-13-34-22-3-2-21(24(28)18-22)17-25(31)29-11-14-33-15-12-29/h2-3,18-20,23H,4-17H2,1H3. The van der Waals surface area contributed by atoms with E-state index >= 15 is 0 Å². The fraction of sp³-hybridized carbons (Fsp3) is 0.704. The smallest absolute Gasteiger partial charge is 0.410 e. The first-order valence-corrected chi connectivity index (χ1v) is 13.2. The number of benzene rings is 1. The first-order valence-electron chi connectivity index (χ1n) is 13.2. The summed E-state index contributed by atoms with van der Waals surface area (Å²) in [6, 6.07) is 5.66. The van der Waals surface area contributed by atoms with E-state index in [0.29, 0.717) is 56.6 Å². The van der Waals surface area contributed by atoms with Crippen molar-refractivity contribution in [3.8, 4) is 5.75 Å². The zero-order valence-electron chi connectivity index (χ0n) is 20.9. The first-order chi connectivity index (χ1) is 16.9. The summed E-state index contributed by atoms with van der Waals surface area (Å²) in [5.74, 6) is 3.04. The summed E-state index contributed by atoms with van der Waals surface area (Å²) >= 11 is 0. The van der Waals surface area contributed by atoms with Crippen LogP contribution in [-0.4, -0.2) is 81.2 Å². The number of amides is 2. The van der Waals surface area contributed by atoms with E-state index in [0.717, 1.165) is 62.4 Å². The molecule has 188 valence electrons. The summed E-state index contributed by atoms with van der Waals surface area (Å²) in [5.41, 5.74) is 1.26. The SMILES string of the molecule is [B]c1cc(OCCC2CC2C2CCN(C(=O)OC3(C)CC3)CC2)ccc1CC(=O)N1CCOCC1. The molecule has 7 nitrogen and oxygen atoms in total. The van der Waals surface area contributed by atoms with Crippen molar-refractivity contribution in [3.63, 3.8) is 0 Å². The molecule has 4 fully saturated rings. The van der Waals surface area contributed by atoms with Crippen molar-refractivity contribution in [1.29, 1.82) is 0 Å². The molecule has 2 aliphatic carbocycles. The summed E-state index contributed by atoms with van der Waals surface area (Å²) in [5, 5.41) is 0. The van der Waals surface area contributed by atoms with Gasteiger partial charge in [-0.15, -0.1) is 0 Å². The highest BCUT2D eigenvalue weighted by atomic mass is 16.6. The van der Waals surface area contributed by atoms with Crippen molar-refractivity contribution in [2.75, 3.05) is 46.0 Å². The molecule has 2 saturated heterocycles. The van der Waals surface area contributed by atoms with Crippen LogP contribution in [0.4, 0.5) is 4.79 Å². The van der Waals surface area contributed by atoms with Crippen LogP contribution in [0.25, 0.3) is 0 Å². The van der Waals surface area contributed by atoms with Gasteiger partial charge in [0.05, 0.1) is 26.2 Å². The first kappa shape index (κ1) is 24.5. The highest BCUT2D eigenvalue weighted by Crippen LogP contribution is 2.50. The number of morpholine rings is 1. The van der Waals surface area contributed by atoms with Crippen LogP contribution in [0.2, 0.25) is 0 Å². The molecule has 2 amide bonds. The van der Waals surface area contributed by atoms with Crippen LogP contribution in [0.3, 0.4) is 0 Å². The van der Waals surface area contributed by atoms with E-state index in [1.807, 2.05) is 34.9 Å². The van der Waals surface area contributed by atoms with Gasteiger partial charge in [-0.05, 0) is 80.9 Å². The zero-order chi connectivity index (χ0) is 24.4. The molecule has 2 saturated carbocycles. The van der Waals surface area contributed by atoms with Gasteiger partial charge in [0, 0.05) is 26.2 Å². The quantitative estimate of drug-likeness (QED) is 0.536. The number of carbonyl (C=O) groups excluding carboxylic acids is 2. The predicted octanol–water partition coefficient (Wildman–Crippen LogP) is 2.69. The van der Waals surface area contributed by atoms with E-state index < -0.39 is 0 Å². The fourth-order valence-electron chi connectivity index (χ4n) is 5.48. The van der Waals surface area contributed by atoms with Crippen LogP contribution in [-0.2, 0) is 20.7 Å². The Morgan fingerprint density at radius 1 is 1.11 bits per heavy atom. The Hall–Kier alpha value is -2.22. The monoisotopic (exact) mass is 480 g/mol. The van der Waals surface area contributed by atoms with Gasteiger partial charge < -0.3 is 24.0 Å². The Morgan fingerprint density at radius 2 is 1.86 bits per heavy atom. The second kappa shape index (κ2) is 10.4. The number of carbonyl (C=O) groups is 2. The van der Waals surface area contributed by atoms with E-state index in [9.17, 15) is 9.59 Å². The molecule has 0 N–H and O–H groups in total. The van der Waals surface area contributed by atoms with Crippen LogP contribution < -0.4 is 10.2 Å². The Labute approximate surface area is 209 Å². The maximum absolute atomic E-state index is 12.5. The van der Waals surface area contributed by atoms with Gasteiger partial charge in [-0.25, -0.2) is 4.79 Å². The molecule has 5 rings (SSSR count). The molecule has 0 spiro atoms. The van der Waals surface area contributed by atoms with Crippen molar-refractivity contribution in [2.45, 2.75) is 57.5 Å². The predicted molar refractivity (Wildman–Crippen MR) is 133 cm³/mol. The van der Waals surface area contributed by atoms with E-state index in [2.05, 4.69) is 0 Å². The lowest BCUT2D eigenvalue weighted by Crippen LogP contribution is -2.41. The molecule has 1 aromatic rings. The van der Waals surface area contributed by atoms with E-state index in [-0.39, 0.29) is 17.6 Å². The Balaban J connectivity index is 0.998. The largest absolute Gasteiger partial charge is 0.494 e. The van der Waals surface area contributed by atoms with Gasteiger partial charge in [0.1, 0.15) is 19.2 Å². The van der Waals surface area contributed by atoms with Crippen molar-refractivity contribution >= 4 is 25.3 Å². The number of likely N-dealkylation sites (tertiary alicyclic amines) is 1. The lowest BCUT2D eigenvalue weighted by Gasteiger charge is -2.32. The third-order valence-electron chi connectivity index (χ3n) is 8.25. The summed E-state index contributed by atoms with van der Waals surface area (Å²) < 4.78 is 16.9. The maximum atomic E-state index is 12.5. The van der Waals surface area contributed by atoms with Crippen LogP contribution in [0, 0.1) is 17.8 Å². The minimum absolute atomic E-state index is 0.0911. The van der Waals surface area contributed by atoms with Crippen LogP contribution >= 0.6 is 0 Å². The highest BCUT2D eigenvalue weighted by Gasteiger charge is 2.45. The van der Waals surface area contributed by atoms with Gasteiger partial charge in [-0.1, -0.05) is 11.5 Å². The van der Waals surface area contributed by atoms with Crippen LogP contribution in [0.1, 0.15) is 51.0 Å². The van der Waals surface area contributed by atoms with Gasteiger partial charge in [0.25, 0.3) is 0 Å². The molecular formula is C27H37BN2O5. The molecule has 2 atom stereocenters. The molecule has 2 unspecified atom stereocenters. The van der Waals surface area contributed by atoms with E-state index in [1.54, 1.807) is 0 Å². The average molecular weight is 480 g/mol. The molecule has 1 aromatic carbocycles. The topological polar surface area (TPSA) is 68.3 Å². The van der Waals surface area contributed by atoms with Crippen LogP contribution in [0.5, 0.6) is 5.75 Å². The average Bonchev–Trinajstić information content (AvgIpc) is 3.79. The summed E-state index contributed by atoms with van der Waals surface area (Å²) in [6.45, 7) is 6.83.